The Kier molecular flexibility index (Phi) is 4.98. The van der Waals surface area contributed by atoms with Crippen LogP contribution >= 0.6 is 0 Å². The normalized spacial score (nSPS) is 11.8. The van der Waals surface area contributed by atoms with Crippen molar-refractivity contribution in [1.82, 2.24) is 9.71 Å². The first-order valence-electron chi connectivity index (χ1n) is 8.39. The van der Waals surface area contributed by atoms with Crippen molar-refractivity contribution in [3.8, 4) is 0 Å². The average molecular weight is 370 g/mol. The van der Waals surface area contributed by atoms with Crippen LogP contribution in [0, 0.1) is 20.8 Å². The van der Waals surface area contributed by atoms with Crippen molar-refractivity contribution in [2.75, 3.05) is 0 Å². The summed E-state index contributed by atoms with van der Waals surface area (Å²) in [6, 6.07) is 13.0. The SMILES string of the molecule is Cc1cccc(CS(=O)(=O)NCc2cc3cc(C)c(C)cc3[nH]c2=O)c1. The Morgan fingerprint density at radius 2 is 1.73 bits per heavy atom. The lowest BCUT2D eigenvalue weighted by Gasteiger charge is -2.09. The Morgan fingerprint density at radius 3 is 2.46 bits per heavy atom. The van der Waals surface area contributed by atoms with Gasteiger partial charge in [0, 0.05) is 17.6 Å². The van der Waals surface area contributed by atoms with Crippen LogP contribution in [0.25, 0.3) is 10.9 Å². The molecule has 1 aromatic heterocycles. The Morgan fingerprint density at radius 1 is 1.00 bits per heavy atom. The molecule has 0 amide bonds. The van der Waals surface area contributed by atoms with E-state index >= 15 is 0 Å². The van der Waals surface area contributed by atoms with Gasteiger partial charge in [-0.1, -0.05) is 29.8 Å². The van der Waals surface area contributed by atoms with Crippen LogP contribution in [0.5, 0.6) is 0 Å². The highest BCUT2D eigenvalue weighted by Gasteiger charge is 2.13. The third kappa shape index (κ3) is 4.20. The minimum atomic E-state index is -3.54. The van der Waals surface area contributed by atoms with E-state index in [1.807, 2.05) is 51.1 Å². The van der Waals surface area contributed by atoms with Crippen LogP contribution in [0.1, 0.15) is 27.8 Å². The molecule has 0 saturated heterocycles. The van der Waals surface area contributed by atoms with E-state index in [-0.39, 0.29) is 17.9 Å². The molecule has 0 atom stereocenters. The number of benzene rings is 2. The van der Waals surface area contributed by atoms with Gasteiger partial charge in [-0.2, -0.15) is 0 Å². The van der Waals surface area contributed by atoms with E-state index in [0.29, 0.717) is 5.56 Å². The second kappa shape index (κ2) is 7.05. The number of fused-ring (bicyclic) bond motifs is 1. The molecule has 3 aromatic rings. The number of aromatic nitrogens is 1. The lowest BCUT2D eigenvalue weighted by molar-refractivity contribution is 0.580. The van der Waals surface area contributed by atoms with Gasteiger partial charge in [-0.25, -0.2) is 13.1 Å². The number of H-pyrrole nitrogens is 1. The van der Waals surface area contributed by atoms with E-state index in [1.54, 1.807) is 12.1 Å². The standard InChI is InChI=1S/C20H22N2O3S/c1-13-5-4-6-16(7-13)12-26(24,25)21-11-18-10-17-8-14(2)15(3)9-19(17)22-20(18)23/h4-10,21H,11-12H2,1-3H3,(H,22,23). The van der Waals surface area contributed by atoms with Crippen LogP contribution in [0.15, 0.2) is 47.3 Å². The first-order valence-corrected chi connectivity index (χ1v) is 10.0. The largest absolute Gasteiger partial charge is 0.322 e. The molecule has 3 rings (SSSR count). The number of sulfonamides is 1. The first kappa shape index (κ1) is 18.4. The summed E-state index contributed by atoms with van der Waals surface area (Å²) in [5, 5.41) is 0.889. The molecule has 2 aromatic carbocycles. The molecule has 0 bridgehead atoms. The summed E-state index contributed by atoms with van der Waals surface area (Å²) < 4.78 is 27.2. The van der Waals surface area contributed by atoms with Gasteiger partial charge in [-0.05, 0) is 61.0 Å². The number of pyridine rings is 1. The Bertz CT molecular complexity index is 1130. The first-order chi connectivity index (χ1) is 12.2. The van der Waals surface area contributed by atoms with Crippen LogP contribution in [0.3, 0.4) is 0 Å². The molecule has 0 aliphatic rings. The second-order valence-corrected chi connectivity index (χ2v) is 8.52. The van der Waals surface area contributed by atoms with Crippen molar-refractivity contribution in [2.24, 2.45) is 0 Å². The number of hydrogen-bond acceptors (Lipinski definition) is 3. The molecular weight excluding hydrogens is 348 g/mol. The van der Waals surface area contributed by atoms with E-state index in [2.05, 4.69) is 9.71 Å². The smallest absolute Gasteiger partial charge is 0.252 e. The summed E-state index contributed by atoms with van der Waals surface area (Å²) in [5.41, 5.74) is 4.82. The van der Waals surface area contributed by atoms with E-state index < -0.39 is 10.0 Å². The van der Waals surface area contributed by atoms with Gasteiger partial charge in [0.05, 0.1) is 5.75 Å². The van der Waals surface area contributed by atoms with E-state index in [4.69, 9.17) is 0 Å². The van der Waals surface area contributed by atoms with Crippen molar-refractivity contribution in [1.29, 1.82) is 0 Å². The predicted octanol–water partition coefficient (Wildman–Crippen LogP) is 3.07. The molecule has 1 heterocycles. The fourth-order valence-electron chi connectivity index (χ4n) is 2.91. The molecule has 0 saturated carbocycles. The third-order valence-corrected chi connectivity index (χ3v) is 5.75. The average Bonchev–Trinajstić information content (AvgIpc) is 2.54. The van der Waals surface area contributed by atoms with Crippen molar-refractivity contribution in [2.45, 2.75) is 33.1 Å². The quantitative estimate of drug-likeness (QED) is 0.724. The van der Waals surface area contributed by atoms with Crippen molar-refractivity contribution in [3.63, 3.8) is 0 Å². The van der Waals surface area contributed by atoms with Crippen LogP contribution in [-0.2, 0) is 22.3 Å². The molecule has 136 valence electrons. The molecule has 5 nitrogen and oxygen atoms in total. The van der Waals surface area contributed by atoms with Gasteiger partial charge in [0.15, 0.2) is 0 Å². The summed E-state index contributed by atoms with van der Waals surface area (Å²) in [6.07, 6.45) is 0. The van der Waals surface area contributed by atoms with Gasteiger partial charge in [-0.15, -0.1) is 0 Å². The van der Waals surface area contributed by atoms with Gasteiger partial charge < -0.3 is 4.98 Å². The maximum absolute atomic E-state index is 12.3. The molecule has 0 unspecified atom stereocenters. The summed E-state index contributed by atoms with van der Waals surface area (Å²) in [6.45, 7) is 5.87. The highest BCUT2D eigenvalue weighted by Crippen LogP contribution is 2.17. The minimum absolute atomic E-state index is 0.0354. The molecule has 0 aliphatic heterocycles. The molecule has 26 heavy (non-hydrogen) atoms. The predicted molar refractivity (Wildman–Crippen MR) is 105 cm³/mol. The van der Waals surface area contributed by atoms with Crippen molar-refractivity contribution >= 4 is 20.9 Å². The number of nitrogens with one attached hydrogen (secondary N) is 2. The Labute approximate surface area is 153 Å². The highest BCUT2D eigenvalue weighted by molar-refractivity contribution is 7.88. The summed E-state index contributed by atoms with van der Waals surface area (Å²) in [5.74, 6) is -0.113. The lowest BCUT2D eigenvalue weighted by atomic mass is 10.1. The molecule has 2 N–H and O–H groups in total. The molecule has 0 fully saturated rings. The van der Waals surface area contributed by atoms with Gasteiger partial charge in [-0.3, -0.25) is 4.79 Å². The zero-order chi connectivity index (χ0) is 18.9. The van der Waals surface area contributed by atoms with Crippen LogP contribution < -0.4 is 10.3 Å². The summed E-state index contributed by atoms with van der Waals surface area (Å²) in [7, 11) is -3.54. The number of aromatic amines is 1. The monoisotopic (exact) mass is 370 g/mol. The van der Waals surface area contributed by atoms with Crippen LogP contribution in [0.4, 0.5) is 0 Å². The number of aryl methyl sites for hydroxylation is 3. The summed E-state index contributed by atoms with van der Waals surface area (Å²) in [4.78, 5) is 15.1. The van der Waals surface area contributed by atoms with E-state index in [1.165, 1.54) is 0 Å². The third-order valence-electron chi connectivity index (χ3n) is 4.46. The van der Waals surface area contributed by atoms with E-state index in [0.717, 1.165) is 33.2 Å². The molecule has 0 aliphatic carbocycles. The lowest BCUT2D eigenvalue weighted by Crippen LogP contribution is -2.28. The maximum Gasteiger partial charge on any atom is 0.252 e. The van der Waals surface area contributed by atoms with Crippen LogP contribution in [-0.4, -0.2) is 13.4 Å². The Hall–Kier alpha value is -2.44. The Balaban J connectivity index is 1.81. The number of hydrogen-bond donors (Lipinski definition) is 2. The van der Waals surface area contributed by atoms with Crippen molar-refractivity contribution < 1.29 is 8.42 Å². The zero-order valence-electron chi connectivity index (χ0n) is 15.1. The maximum atomic E-state index is 12.3. The molecule has 0 radical (unpaired) electrons. The fraction of sp³-hybridized carbons (Fsp3) is 0.250. The topological polar surface area (TPSA) is 79.0 Å². The van der Waals surface area contributed by atoms with Gasteiger partial charge in [0.1, 0.15) is 0 Å². The second-order valence-electron chi connectivity index (χ2n) is 6.72. The minimum Gasteiger partial charge on any atom is -0.322 e. The fourth-order valence-corrected chi connectivity index (χ4v) is 4.01. The zero-order valence-corrected chi connectivity index (χ0v) is 15.9. The molecule has 0 spiro atoms. The van der Waals surface area contributed by atoms with Gasteiger partial charge in [0.2, 0.25) is 10.0 Å². The van der Waals surface area contributed by atoms with Gasteiger partial charge >= 0.3 is 0 Å². The molecule has 6 heteroatoms. The van der Waals surface area contributed by atoms with E-state index in [9.17, 15) is 13.2 Å². The van der Waals surface area contributed by atoms with Crippen molar-refractivity contribution in [3.05, 3.63) is 80.6 Å². The highest BCUT2D eigenvalue weighted by atomic mass is 32.2. The molecular formula is C20H22N2O3S. The van der Waals surface area contributed by atoms with Crippen LogP contribution in [0.2, 0.25) is 0 Å². The van der Waals surface area contributed by atoms with Gasteiger partial charge in [0.25, 0.3) is 5.56 Å². The summed E-state index contributed by atoms with van der Waals surface area (Å²) >= 11 is 0. The number of rotatable bonds is 5.